The van der Waals surface area contributed by atoms with Gasteiger partial charge in [0.15, 0.2) is 16.8 Å². The molecular weight excluding hydrogens is 442 g/mol. The topological polar surface area (TPSA) is 77.2 Å². The normalized spacial score (nSPS) is 11.9. The number of aliphatic hydroxyl groups excluding tert-OH is 1. The predicted octanol–water partition coefficient (Wildman–Crippen LogP) is 5.12. The summed E-state index contributed by atoms with van der Waals surface area (Å²) >= 11 is 3.04. The Balaban J connectivity index is 1.41. The van der Waals surface area contributed by atoms with Gasteiger partial charge in [-0.2, -0.15) is 0 Å². The van der Waals surface area contributed by atoms with Crippen LogP contribution in [0.1, 0.15) is 23.7 Å². The van der Waals surface area contributed by atoms with Crippen molar-refractivity contribution in [1.82, 2.24) is 14.8 Å². The Morgan fingerprint density at radius 3 is 2.56 bits per heavy atom. The highest BCUT2D eigenvalue weighted by Gasteiger charge is 2.18. The molecule has 4 aromatic rings. The second-order valence-corrected chi connectivity index (χ2v) is 8.97. The number of carbonyl (C=O) groups is 1. The van der Waals surface area contributed by atoms with Crippen molar-refractivity contribution >= 4 is 28.9 Å². The van der Waals surface area contributed by atoms with Crippen LogP contribution in [0, 0.1) is 0 Å². The third-order valence-corrected chi connectivity index (χ3v) is 6.67. The van der Waals surface area contributed by atoms with E-state index in [2.05, 4.69) is 10.2 Å². The Morgan fingerprint density at radius 1 is 1.09 bits per heavy atom. The summed E-state index contributed by atoms with van der Waals surface area (Å²) in [6.45, 7) is 1.98. The number of Topliss-reactive ketones (excluding diaryl/α,β-unsaturated/α-hetero) is 1. The molecule has 4 rings (SSSR count). The number of thiophene rings is 1. The number of ether oxygens (including phenoxy) is 1. The zero-order valence-electron chi connectivity index (χ0n) is 17.5. The number of para-hydroxylation sites is 1. The molecule has 0 unspecified atom stereocenters. The first-order valence-electron chi connectivity index (χ1n) is 10.3. The average Bonchev–Trinajstić information content (AvgIpc) is 3.51. The molecule has 0 aliphatic carbocycles. The van der Waals surface area contributed by atoms with Gasteiger partial charge in [0.05, 0.1) is 11.0 Å². The summed E-state index contributed by atoms with van der Waals surface area (Å²) in [7, 11) is 0. The van der Waals surface area contributed by atoms with Gasteiger partial charge in [-0.15, -0.1) is 21.5 Å². The number of nitrogens with zero attached hydrogens (tertiary/aromatic N) is 3. The van der Waals surface area contributed by atoms with E-state index in [9.17, 15) is 9.90 Å². The molecule has 0 radical (unpaired) electrons. The summed E-state index contributed by atoms with van der Waals surface area (Å²) in [5.41, 5.74) is 1.63. The Morgan fingerprint density at radius 2 is 1.88 bits per heavy atom. The summed E-state index contributed by atoms with van der Waals surface area (Å²) in [4.78, 5) is 12.8. The number of hydrogen-bond donors (Lipinski definition) is 1. The summed E-state index contributed by atoms with van der Waals surface area (Å²) in [6.07, 6.45) is -0.221. The molecular formula is C24H23N3O3S2. The quantitative estimate of drug-likeness (QED) is 0.259. The first-order valence-corrected chi connectivity index (χ1v) is 12.1. The second-order valence-electron chi connectivity index (χ2n) is 7.03. The van der Waals surface area contributed by atoms with Gasteiger partial charge in [0.2, 0.25) is 0 Å². The van der Waals surface area contributed by atoms with E-state index < -0.39 is 6.10 Å². The van der Waals surface area contributed by atoms with Crippen LogP contribution in [0.25, 0.3) is 16.4 Å². The lowest BCUT2D eigenvalue weighted by Crippen LogP contribution is -2.20. The molecule has 2 heterocycles. The van der Waals surface area contributed by atoms with Crippen molar-refractivity contribution in [1.29, 1.82) is 0 Å². The Bertz CT molecular complexity index is 1140. The van der Waals surface area contributed by atoms with E-state index in [1.807, 2.05) is 59.3 Å². The minimum Gasteiger partial charge on any atom is -0.491 e. The molecule has 2 aromatic heterocycles. The third-order valence-electron chi connectivity index (χ3n) is 4.73. The van der Waals surface area contributed by atoms with Crippen LogP contribution in [0.15, 0.2) is 77.3 Å². The zero-order valence-corrected chi connectivity index (χ0v) is 19.2. The van der Waals surface area contributed by atoms with Crippen LogP contribution in [0.5, 0.6) is 5.75 Å². The number of thioether (sulfide) groups is 1. The lowest BCUT2D eigenvalue weighted by Gasteiger charge is -2.13. The zero-order chi connectivity index (χ0) is 22.3. The van der Waals surface area contributed by atoms with Crippen molar-refractivity contribution in [2.45, 2.75) is 24.6 Å². The number of ketones is 1. The van der Waals surface area contributed by atoms with Gasteiger partial charge in [0.1, 0.15) is 12.4 Å². The highest BCUT2D eigenvalue weighted by molar-refractivity contribution is 7.99. The highest BCUT2D eigenvalue weighted by atomic mass is 32.2. The molecule has 0 spiro atoms. The summed E-state index contributed by atoms with van der Waals surface area (Å²) in [6, 6.07) is 20.9. The standard InChI is InChI=1S/C24H23N3O3S2/c1-2-21(29)17-10-12-20(13-11-17)30-15-19(28)16-32-24-26-25-23(22-9-6-14-31-22)27(24)18-7-4-3-5-8-18/h3-14,19,28H,2,15-16H2,1H3/t19-/m1/s1. The van der Waals surface area contributed by atoms with Gasteiger partial charge < -0.3 is 9.84 Å². The molecule has 8 heteroatoms. The minimum absolute atomic E-state index is 0.0948. The molecule has 0 saturated heterocycles. The Kier molecular flexibility index (Phi) is 7.36. The molecule has 0 aliphatic heterocycles. The van der Waals surface area contributed by atoms with Gasteiger partial charge in [0, 0.05) is 23.4 Å². The van der Waals surface area contributed by atoms with Crippen LogP contribution < -0.4 is 4.74 Å². The lowest BCUT2D eigenvalue weighted by atomic mass is 10.1. The van der Waals surface area contributed by atoms with Crippen molar-refractivity contribution in [3.8, 4) is 22.1 Å². The van der Waals surface area contributed by atoms with E-state index in [4.69, 9.17) is 4.74 Å². The second kappa shape index (κ2) is 10.6. The molecule has 0 fully saturated rings. The van der Waals surface area contributed by atoms with Crippen molar-refractivity contribution in [2.24, 2.45) is 0 Å². The van der Waals surface area contributed by atoms with E-state index in [1.54, 1.807) is 35.6 Å². The van der Waals surface area contributed by atoms with Gasteiger partial charge in [0.25, 0.3) is 0 Å². The molecule has 164 valence electrons. The van der Waals surface area contributed by atoms with Gasteiger partial charge in [-0.25, -0.2) is 0 Å². The maximum Gasteiger partial charge on any atom is 0.196 e. The smallest absolute Gasteiger partial charge is 0.196 e. The van der Waals surface area contributed by atoms with E-state index >= 15 is 0 Å². The molecule has 32 heavy (non-hydrogen) atoms. The first-order chi connectivity index (χ1) is 15.7. The van der Waals surface area contributed by atoms with Gasteiger partial charge in [-0.3, -0.25) is 9.36 Å². The summed E-state index contributed by atoms with van der Waals surface area (Å²) in [5.74, 6) is 1.90. The van der Waals surface area contributed by atoms with E-state index in [0.717, 1.165) is 16.4 Å². The van der Waals surface area contributed by atoms with Crippen LogP contribution in [-0.2, 0) is 0 Å². The van der Waals surface area contributed by atoms with Crippen molar-refractivity contribution in [2.75, 3.05) is 12.4 Å². The fourth-order valence-corrected chi connectivity index (χ4v) is 4.65. The molecule has 0 bridgehead atoms. The summed E-state index contributed by atoms with van der Waals surface area (Å²) < 4.78 is 7.70. The number of carbonyl (C=O) groups excluding carboxylic acids is 1. The van der Waals surface area contributed by atoms with E-state index in [1.165, 1.54) is 11.8 Å². The van der Waals surface area contributed by atoms with Crippen LogP contribution in [0.2, 0.25) is 0 Å². The average molecular weight is 466 g/mol. The van der Waals surface area contributed by atoms with Crippen LogP contribution >= 0.6 is 23.1 Å². The number of benzene rings is 2. The van der Waals surface area contributed by atoms with Crippen LogP contribution in [0.3, 0.4) is 0 Å². The third kappa shape index (κ3) is 5.27. The molecule has 0 aliphatic rings. The highest BCUT2D eigenvalue weighted by Crippen LogP contribution is 2.30. The first kappa shape index (κ1) is 22.3. The molecule has 0 amide bonds. The monoisotopic (exact) mass is 465 g/mol. The minimum atomic E-state index is -0.692. The largest absolute Gasteiger partial charge is 0.491 e. The van der Waals surface area contributed by atoms with Gasteiger partial charge >= 0.3 is 0 Å². The number of rotatable bonds is 10. The van der Waals surface area contributed by atoms with Crippen LogP contribution in [0.4, 0.5) is 0 Å². The molecule has 1 atom stereocenters. The SMILES string of the molecule is CCC(=O)c1ccc(OC[C@@H](O)CSc2nnc(-c3cccs3)n2-c2ccccc2)cc1. The summed E-state index contributed by atoms with van der Waals surface area (Å²) in [5, 5.41) is 21.9. The maximum atomic E-state index is 11.7. The Hall–Kier alpha value is -2.94. The van der Waals surface area contributed by atoms with E-state index in [0.29, 0.717) is 28.6 Å². The van der Waals surface area contributed by atoms with E-state index in [-0.39, 0.29) is 12.4 Å². The molecule has 2 aromatic carbocycles. The predicted molar refractivity (Wildman–Crippen MR) is 128 cm³/mol. The van der Waals surface area contributed by atoms with Gasteiger partial charge in [-0.05, 0) is 47.8 Å². The number of aliphatic hydroxyl groups is 1. The van der Waals surface area contributed by atoms with Gasteiger partial charge in [-0.1, -0.05) is 43.0 Å². The molecule has 6 nitrogen and oxygen atoms in total. The fourth-order valence-electron chi connectivity index (χ4n) is 3.09. The lowest BCUT2D eigenvalue weighted by molar-refractivity contribution is 0.0987. The van der Waals surface area contributed by atoms with Crippen molar-refractivity contribution < 1.29 is 14.6 Å². The number of aromatic nitrogens is 3. The molecule has 0 saturated carbocycles. The fraction of sp³-hybridized carbons (Fsp3) is 0.208. The van der Waals surface area contributed by atoms with Crippen molar-refractivity contribution in [3.05, 3.63) is 77.7 Å². The maximum absolute atomic E-state index is 11.7. The molecule has 1 N–H and O–H groups in total. The van der Waals surface area contributed by atoms with Crippen LogP contribution in [-0.4, -0.2) is 44.1 Å². The Labute approximate surface area is 194 Å². The van der Waals surface area contributed by atoms with Crippen molar-refractivity contribution in [3.63, 3.8) is 0 Å². The number of hydrogen-bond acceptors (Lipinski definition) is 7.